The summed E-state index contributed by atoms with van der Waals surface area (Å²) in [5.41, 5.74) is 4.83. The number of rotatable bonds is 0. The number of fused-ring (bicyclic) bond motifs is 5. The number of aromatic nitrogens is 2. The predicted molar refractivity (Wildman–Crippen MR) is 59.9 cm³/mol. The zero-order valence-electron chi connectivity index (χ0n) is 8.07. The van der Waals surface area contributed by atoms with E-state index in [2.05, 4.69) is 28.2 Å². The van der Waals surface area contributed by atoms with E-state index in [1.54, 1.807) is 0 Å². The summed E-state index contributed by atoms with van der Waals surface area (Å²) in [4.78, 5) is 9.00. The van der Waals surface area contributed by atoms with Crippen molar-refractivity contribution in [2.24, 2.45) is 0 Å². The molecule has 0 amide bonds. The van der Waals surface area contributed by atoms with Crippen molar-refractivity contribution < 1.29 is 0 Å². The molecule has 0 saturated carbocycles. The second-order valence-electron chi connectivity index (χ2n) is 3.94. The van der Waals surface area contributed by atoms with Gasteiger partial charge in [0.2, 0.25) is 0 Å². The normalized spacial score (nSPS) is 13.1. The molecule has 0 bridgehead atoms. The summed E-state index contributed by atoms with van der Waals surface area (Å²) in [6.45, 7) is 0. The molecule has 2 aromatic heterocycles. The molecule has 0 N–H and O–H groups in total. The molecule has 2 nitrogen and oxygen atoms in total. The third kappa shape index (κ3) is 0.885. The summed E-state index contributed by atoms with van der Waals surface area (Å²) in [7, 11) is 0. The van der Waals surface area contributed by atoms with E-state index in [4.69, 9.17) is 0 Å². The zero-order chi connectivity index (χ0) is 9.83. The smallest absolute Gasteiger partial charge is 0.0803 e. The Kier molecular flexibility index (Phi) is 1.15. The van der Waals surface area contributed by atoms with Crippen LogP contribution < -0.4 is 0 Å². The standard InChI is InChI=1S/C13H8N2/c1-2-6-14-11-5-4-8-10-7-12(10)15-13(8)9(11)3-1/h1-6H,7H2. The first-order valence-corrected chi connectivity index (χ1v) is 5.09. The van der Waals surface area contributed by atoms with Gasteiger partial charge >= 0.3 is 0 Å². The van der Waals surface area contributed by atoms with Crippen molar-refractivity contribution in [2.45, 2.75) is 6.42 Å². The van der Waals surface area contributed by atoms with E-state index in [1.807, 2.05) is 18.3 Å². The number of benzene rings is 1. The van der Waals surface area contributed by atoms with E-state index in [1.165, 1.54) is 16.6 Å². The van der Waals surface area contributed by atoms with Gasteiger partial charge in [-0.1, -0.05) is 18.2 Å². The van der Waals surface area contributed by atoms with Gasteiger partial charge in [0.25, 0.3) is 0 Å². The number of hydrogen-bond acceptors (Lipinski definition) is 2. The van der Waals surface area contributed by atoms with Crippen molar-refractivity contribution in [1.82, 2.24) is 9.97 Å². The maximum atomic E-state index is 4.62. The van der Waals surface area contributed by atoms with Crippen molar-refractivity contribution in [2.75, 3.05) is 0 Å². The lowest BCUT2D eigenvalue weighted by Gasteiger charge is -1.95. The summed E-state index contributed by atoms with van der Waals surface area (Å²) < 4.78 is 0. The van der Waals surface area contributed by atoms with Crippen molar-refractivity contribution in [3.8, 4) is 0 Å². The molecule has 2 heteroatoms. The lowest BCUT2D eigenvalue weighted by Crippen LogP contribution is -1.77. The Morgan fingerprint density at radius 2 is 2.00 bits per heavy atom. The van der Waals surface area contributed by atoms with Crippen LogP contribution in [0.15, 0.2) is 36.5 Å². The van der Waals surface area contributed by atoms with Gasteiger partial charge in [-0.25, -0.2) is 0 Å². The Balaban J connectivity index is 2.32. The maximum Gasteiger partial charge on any atom is 0.0803 e. The Morgan fingerprint density at radius 1 is 1.00 bits per heavy atom. The number of hydrogen-bond donors (Lipinski definition) is 0. The molecular formula is C13H8N2. The Bertz CT molecular complexity index is 701. The van der Waals surface area contributed by atoms with Crippen LogP contribution in [0.4, 0.5) is 0 Å². The lowest BCUT2D eigenvalue weighted by atomic mass is 10.1. The fraction of sp³-hybridized carbons (Fsp3) is 0.0769. The average Bonchev–Trinajstić information content (AvgIpc) is 2.98. The van der Waals surface area contributed by atoms with Crippen molar-refractivity contribution >= 4 is 21.8 Å². The highest BCUT2D eigenvalue weighted by atomic mass is 14.8. The minimum atomic E-state index is 1.02. The largest absolute Gasteiger partial charge is 0.256 e. The van der Waals surface area contributed by atoms with Crippen molar-refractivity contribution in [3.63, 3.8) is 0 Å². The second-order valence-corrected chi connectivity index (χ2v) is 3.94. The Labute approximate surface area is 86.6 Å². The highest BCUT2D eigenvalue weighted by Gasteiger charge is 2.25. The predicted octanol–water partition coefficient (Wildman–Crippen LogP) is 2.69. The molecule has 4 rings (SSSR count). The molecule has 3 aromatic rings. The van der Waals surface area contributed by atoms with Crippen molar-refractivity contribution in [1.29, 1.82) is 0 Å². The molecule has 0 saturated heterocycles. The van der Waals surface area contributed by atoms with Crippen LogP contribution in [-0.4, -0.2) is 9.97 Å². The van der Waals surface area contributed by atoms with Gasteiger partial charge in [0.1, 0.15) is 0 Å². The molecule has 0 fully saturated rings. The molecule has 70 valence electrons. The average molecular weight is 192 g/mol. The van der Waals surface area contributed by atoms with Gasteiger partial charge < -0.3 is 0 Å². The molecule has 0 aliphatic heterocycles. The van der Waals surface area contributed by atoms with E-state index < -0.39 is 0 Å². The topological polar surface area (TPSA) is 25.8 Å². The van der Waals surface area contributed by atoms with E-state index in [0.717, 1.165) is 22.8 Å². The molecule has 2 heterocycles. The first-order valence-electron chi connectivity index (χ1n) is 5.09. The van der Waals surface area contributed by atoms with Crippen LogP contribution in [0.3, 0.4) is 0 Å². The summed E-state index contributed by atoms with van der Waals surface area (Å²) in [6.07, 6.45) is 2.91. The second kappa shape index (κ2) is 2.34. The fourth-order valence-electron chi connectivity index (χ4n) is 2.18. The van der Waals surface area contributed by atoms with E-state index >= 15 is 0 Å². The molecular weight excluding hydrogens is 184 g/mol. The first-order chi connectivity index (χ1) is 7.43. The van der Waals surface area contributed by atoms with Crippen LogP contribution in [-0.2, 0) is 6.42 Å². The van der Waals surface area contributed by atoms with Gasteiger partial charge in [-0.2, -0.15) is 0 Å². The van der Waals surface area contributed by atoms with Crippen LogP contribution in [0.2, 0.25) is 0 Å². The SMILES string of the molecule is c1ccc2c(ccc3c4c(nc32)C4)nc1. The third-order valence-corrected chi connectivity index (χ3v) is 3.01. The molecule has 1 aliphatic rings. The van der Waals surface area contributed by atoms with Crippen LogP contribution in [0.5, 0.6) is 0 Å². The van der Waals surface area contributed by atoms with Gasteiger partial charge in [0.15, 0.2) is 0 Å². The molecule has 1 aromatic carbocycles. The highest BCUT2D eigenvalue weighted by Crippen LogP contribution is 2.37. The minimum Gasteiger partial charge on any atom is -0.256 e. The Hall–Kier alpha value is -1.96. The first kappa shape index (κ1) is 7.35. The van der Waals surface area contributed by atoms with Gasteiger partial charge in [-0.05, 0) is 17.7 Å². The molecule has 0 unspecified atom stereocenters. The maximum absolute atomic E-state index is 4.62. The molecule has 0 radical (unpaired) electrons. The zero-order valence-corrected chi connectivity index (χ0v) is 8.07. The van der Waals surface area contributed by atoms with Crippen LogP contribution in [0.25, 0.3) is 21.8 Å². The molecule has 1 aliphatic carbocycles. The van der Waals surface area contributed by atoms with Crippen molar-refractivity contribution in [3.05, 3.63) is 47.8 Å². The highest BCUT2D eigenvalue weighted by molar-refractivity contribution is 6.07. The van der Waals surface area contributed by atoms with Gasteiger partial charge in [0, 0.05) is 29.1 Å². The number of nitrogens with zero attached hydrogens (tertiary/aromatic N) is 2. The lowest BCUT2D eigenvalue weighted by molar-refractivity contribution is 1.37. The fourth-order valence-corrected chi connectivity index (χ4v) is 2.18. The van der Waals surface area contributed by atoms with E-state index in [-0.39, 0.29) is 0 Å². The Morgan fingerprint density at radius 3 is 3.00 bits per heavy atom. The molecule has 0 atom stereocenters. The summed E-state index contributed by atoms with van der Waals surface area (Å²) in [5.74, 6) is 0. The van der Waals surface area contributed by atoms with Crippen LogP contribution in [0, 0.1) is 0 Å². The monoisotopic (exact) mass is 192 g/mol. The van der Waals surface area contributed by atoms with Gasteiger partial charge in [-0.3, -0.25) is 9.97 Å². The minimum absolute atomic E-state index is 1.02. The third-order valence-electron chi connectivity index (χ3n) is 3.01. The van der Waals surface area contributed by atoms with Gasteiger partial charge in [0.05, 0.1) is 11.0 Å². The molecule has 15 heavy (non-hydrogen) atoms. The van der Waals surface area contributed by atoms with E-state index in [0.29, 0.717) is 0 Å². The summed E-state index contributed by atoms with van der Waals surface area (Å²) in [5, 5.41) is 2.47. The summed E-state index contributed by atoms with van der Waals surface area (Å²) in [6, 6.07) is 10.3. The van der Waals surface area contributed by atoms with Crippen LogP contribution >= 0.6 is 0 Å². The van der Waals surface area contributed by atoms with Crippen LogP contribution in [0.1, 0.15) is 11.3 Å². The summed E-state index contributed by atoms with van der Waals surface area (Å²) >= 11 is 0. The van der Waals surface area contributed by atoms with E-state index in [9.17, 15) is 0 Å². The quantitative estimate of drug-likeness (QED) is 0.428. The molecule has 0 spiro atoms. The van der Waals surface area contributed by atoms with Gasteiger partial charge in [-0.15, -0.1) is 0 Å².